The predicted molar refractivity (Wildman–Crippen MR) is 76.4 cm³/mol. The average Bonchev–Trinajstić information content (AvgIpc) is 2.68. The normalized spacial score (nSPS) is 10.3. The van der Waals surface area contributed by atoms with Crippen LogP contribution in [0.4, 0.5) is 11.5 Å². The fraction of sp³-hybridized carbons (Fsp3) is 0.167. The largest absolute Gasteiger partial charge is 0.404 e. The number of nitrogens with one attached hydrogen (secondary N) is 1. The lowest BCUT2D eigenvalue weighted by Crippen LogP contribution is -2.20. The van der Waals surface area contributed by atoms with Crippen LogP contribution < -0.4 is 5.32 Å². The average molecular weight is 339 g/mol. The van der Waals surface area contributed by atoms with Gasteiger partial charge in [0, 0.05) is 5.69 Å². The summed E-state index contributed by atoms with van der Waals surface area (Å²) in [6.07, 6.45) is 0. The number of nitrogens with zero attached hydrogens (tertiary/aromatic N) is 3. The van der Waals surface area contributed by atoms with Crippen molar-refractivity contribution in [2.75, 3.05) is 5.32 Å². The number of carbonyl (C=O) groups excluding carboxylic acids is 1. The summed E-state index contributed by atoms with van der Waals surface area (Å²) >= 11 is 3.10. The van der Waals surface area contributed by atoms with Crippen LogP contribution in [-0.2, 0) is 11.3 Å². The molecular formula is C12H11BrN4O3. The Kier molecular flexibility index (Phi) is 4.14. The first kappa shape index (κ1) is 14.2. The Morgan fingerprint density at radius 3 is 2.65 bits per heavy atom. The molecule has 0 spiro atoms. The molecule has 1 heterocycles. The van der Waals surface area contributed by atoms with E-state index in [-0.39, 0.29) is 22.7 Å². The zero-order valence-corrected chi connectivity index (χ0v) is 12.1. The molecule has 1 amide bonds. The van der Waals surface area contributed by atoms with E-state index in [1.165, 1.54) is 4.68 Å². The maximum atomic E-state index is 11.9. The molecule has 1 N–H and O–H groups in total. The van der Waals surface area contributed by atoms with E-state index < -0.39 is 4.92 Å². The van der Waals surface area contributed by atoms with E-state index in [2.05, 4.69) is 26.3 Å². The zero-order chi connectivity index (χ0) is 14.7. The minimum atomic E-state index is -0.595. The Hall–Kier alpha value is -2.22. The summed E-state index contributed by atoms with van der Waals surface area (Å²) in [5.41, 5.74) is 1.19. The molecule has 0 aliphatic carbocycles. The number of hydrogen-bond donors (Lipinski definition) is 1. The number of anilines is 1. The highest BCUT2D eigenvalue weighted by Crippen LogP contribution is 2.26. The minimum Gasteiger partial charge on any atom is -0.358 e. The smallest absolute Gasteiger partial charge is 0.358 e. The van der Waals surface area contributed by atoms with Crippen LogP contribution in [0.5, 0.6) is 0 Å². The molecule has 0 saturated heterocycles. The Balaban J connectivity index is 2.12. The van der Waals surface area contributed by atoms with Crippen LogP contribution in [0.15, 0.2) is 34.8 Å². The molecule has 0 aliphatic heterocycles. The Morgan fingerprint density at radius 1 is 1.45 bits per heavy atom. The van der Waals surface area contributed by atoms with Crippen molar-refractivity contribution in [2.24, 2.45) is 0 Å². The van der Waals surface area contributed by atoms with Gasteiger partial charge >= 0.3 is 5.82 Å². The molecule has 2 rings (SSSR count). The number of para-hydroxylation sites is 1. The SMILES string of the molecule is Cc1c(Br)c([N+](=O)[O-])nn1CC(=O)Nc1ccccc1. The maximum Gasteiger partial charge on any atom is 0.404 e. The number of rotatable bonds is 4. The van der Waals surface area contributed by atoms with Gasteiger partial charge in [0.2, 0.25) is 5.91 Å². The molecule has 0 saturated carbocycles. The fourth-order valence-electron chi connectivity index (χ4n) is 1.64. The number of halogens is 1. The van der Waals surface area contributed by atoms with Gasteiger partial charge in [0.1, 0.15) is 11.0 Å². The molecule has 0 fully saturated rings. The van der Waals surface area contributed by atoms with Gasteiger partial charge in [0.25, 0.3) is 0 Å². The van der Waals surface area contributed by atoms with Crippen molar-refractivity contribution >= 4 is 33.3 Å². The highest BCUT2D eigenvalue weighted by molar-refractivity contribution is 9.10. The van der Waals surface area contributed by atoms with Crippen LogP contribution in [-0.4, -0.2) is 20.6 Å². The lowest BCUT2D eigenvalue weighted by Gasteiger charge is -2.04. The van der Waals surface area contributed by atoms with Gasteiger partial charge in [-0.1, -0.05) is 18.2 Å². The van der Waals surface area contributed by atoms with Crippen LogP contribution in [0, 0.1) is 17.0 Å². The third-order valence-electron chi connectivity index (χ3n) is 2.64. The van der Waals surface area contributed by atoms with E-state index in [1.807, 2.05) is 6.07 Å². The molecule has 7 nitrogen and oxygen atoms in total. The minimum absolute atomic E-state index is 0.0901. The molecule has 2 aromatic rings. The van der Waals surface area contributed by atoms with E-state index in [4.69, 9.17) is 0 Å². The van der Waals surface area contributed by atoms with Crippen LogP contribution in [0.2, 0.25) is 0 Å². The van der Waals surface area contributed by atoms with Crippen molar-refractivity contribution in [3.63, 3.8) is 0 Å². The molecular weight excluding hydrogens is 328 g/mol. The van der Waals surface area contributed by atoms with E-state index >= 15 is 0 Å². The van der Waals surface area contributed by atoms with Crippen LogP contribution in [0.25, 0.3) is 0 Å². The zero-order valence-electron chi connectivity index (χ0n) is 10.5. The number of hydrogen-bond acceptors (Lipinski definition) is 4. The number of amides is 1. The highest BCUT2D eigenvalue weighted by atomic mass is 79.9. The number of nitro groups is 1. The quantitative estimate of drug-likeness (QED) is 0.684. The van der Waals surface area contributed by atoms with Gasteiger partial charge in [-0.2, -0.15) is 4.68 Å². The van der Waals surface area contributed by atoms with Crippen LogP contribution in [0.1, 0.15) is 5.69 Å². The van der Waals surface area contributed by atoms with Gasteiger partial charge < -0.3 is 15.4 Å². The third-order valence-corrected chi connectivity index (χ3v) is 3.57. The highest BCUT2D eigenvalue weighted by Gasteiger charge is 2.24. The maximum absolute atomic E-state index is 11.9. The van der Waals surface area contributed by atoms with Gasteiger partial charge in [-0.25, -0.2) is 0 Å². The topological polar surface area (TPSA) is 90.1 Å². The fourth-order valence-corrected chi connectivity index (χ4v) is 2.07. The summed E-state index contributed by atoms with van der Waals surface area (Å²) in [5.74, 6) is -0.598. The van der Waals surface area contributed by atoms with Crippen molar-refractivity contribution in [1.29, 1.82) is 0 Å². The number of benzene rings is 1. The Labute approximate surface area is 122 Å². The Bertz CT molecular complexity index is 654. The van der Waals surface area contributed by atoms with E-state index in [0.29, 0.717) is 11.4 Å². The molecule has 0 bridgehead atoms. The number of carbonyl (C=O) groups is 1. The summed E-state index contributed by atoms with van der Waals surface area (Å²) in [5, 5.41) is 17.3. The molecule has 0 radical (unpaired) electrons. The van der Waals surface area contributed by atoms with Gasteiger partial charge in [0.05, 0.1) is 10.8 Å². The molecule has 8 heteroatoms. The second kappa shape index (κ2) is 5.83. The van der Waals surface area contributed by atoms with Crippen molar-refractivity contribution in [2.45, 2.75) is 13.5 Å². The van der Waals surface area contributed by atoms with Crippen molar-refractivity contribution in [1.82, 2.24) is 9.78 Å². The van der Waals surface area contributed by atoms with Crippen molar-refractivity contribution in [3.05, 3.63) is 50.6 Å². The monoisotopic (exact) mass is 338 g/mol. The van der Waals surface area contributed by atoms with Crippen molar-refractivity contribution in [3.8, 4) is 0 Å². The lowest BCUT2D eigenvalue weighted by atomic mass is 10.3. The molecule has 0 aliphatic rings. The molecule has 0 atom stereocenters. The van der Waals surface area contributed by atoms with E-state index in [9.17, 15) is 14.9 Å². The summed E-state index contributed by atoms with van der Waals surface area (Å²) in [6, 6.07) is 8.96. The molecule has 0 unspecified atom stereocenters. The van der Waals surface area contributed by atoms with Gasteiger partial charge in [-0.15, -0.1) is 0 Å². The summed E-state index contributed by atoms with van der Waals surface area (Å²) in [4.78, 5) is 22.0. The first-order valence-electron chi connectivity index (χ1n) is 5.71. The second-order valence-electron chi connectivity index (χ2n) is 4.05. The first-order valence-corrected chi connectivity index (χ1v) is 6.50. The summed E-state index contributed by atoms with van der Waals surface area (Å²) < 4.78 is 1.58. The summed E-state index contributed by atoms with van der Waals surface area (Å²) in [7, 11) is 0. The predicted octanol–water partition coefficient (Wildman–Crippen LogP) is 2.50. The van der Waals surface area contributed by atoms with Crippen LogP contribution in [0.3, 0.4) is 0 Å². The third kappa shape index (κ3) is 3.02. The second-order valence-corrected chi connectivity index (χ2v) is 4.84. The lowest BCUT2D eigenvalue weighted by molar-refractivity contribution is -0.390. The first-order chi connectivity index (χ1) is 9.49. The van der Waals surface area contributed by atoms with Gasteiger partial charge in [-0.3, -0.25) is 4.79 Å². The van der Waals surface area contributed by atoms with Gasteiger partial charge in [0.15, 0.2) is 0 Å². The van der Waals surface area contributed by atoms with Gasteiger partial charge in [-0.05, 0) is 39.9 Å². The number of aromatic nitrogens is 2. The Morgan fingerprint density at radius 2 is 2.10 bits per heavy atom. The van der Waals surface area contributed by atoms with Crippen molar-refractivity contribution < 1.29 is 9.72 Å². The van der Waals surface area contributed by atoms with E-state index in [1.54, 1.807) is 31.2 Å². The van der Waals surface area contributed by atoms with E-state index in [0.717, 1.165) is 0 Å². The van der Waals surface area contributed by atoms with Crippen LogP contribution >= 0.6 is 15.9 Å². The molecule has 1 aromatic carbocycles. The molecule has 104 valence electrons. The summed E-state index contributed by atoms with van der Waals surface area (Å²) in [6.45, 7) is 1.56. The standard InChI is InChI=1S/C12H11BrN4O3/c1-8-11(13)12(17(19)20)15-16(8)7-10(18)14-9-5-3-2-4-6-9/h2-6H,7H2,1H3,(H,14,18). The molecule has 1 aromatic heterocycles. The molecule has 20 heavy (non-hydrogen) atoms.